The van der Waals surface area contributed by atoms with Crippen molar-refractivity contribution in [1.29, 1.82) is 0 Å². The van der Waals surface area contributed by atoms with E-state index in [0.29, 0.717) is 5.92 Å². The number of aryl methyl sites for hydroxylation is 1. The summed E-state index contributed by atoms with van der Waals surface area (Å²) in [6.45, 7) is 3.10. The van der Waals surface area contributed by atoms with E-state index in [-0.39, 0.29) is 0 Å². The zero-order valence-corrected chi connectivity index (χ0v) is 12.8. The van der Waals surface area contributed by atoms with Crippen molar-refractivity contribution in [1.82, 2.24) is 9.55 Å². The first kappa shape index (κ1) is 15.9. The summed E-state index contributed by atoms with van der Waals surface area (Å²) in [5, 5.41) is 10.4. The Kier molecular flexibility index (Phi) is 5.89. The fourth-order valence-corrected chi connectivity index (χ4v) is 2.49. The molecular formula is C17H21N3O2. The quantitative estimate of drug-likeness (QED) is 0.419. The highest BCUT2D eigenvalue weighted by Gasteiger charge is 2.05. The second-order valence-electron chi connectivity index (χ2n) is 5.41. The molecule has 2 aromatic heterocycles. The van der Waals surface area contributed by atoms with Gasteiger partial charge in [-0.05, 0) is 42.5 Å². The van der Waals surface area contributed by atoms with Gasteiger partial charge in [-0.25, -0.2) is 0 Å². The van der Waals surface area contributed by atoms with Crippen molar-refractivity contribution in [3.05, 3.63) is 70.4 Å². The first-order valence-electron chi connectivity index (χ1n) is 7.53. The summed E-state index contributed by atoms with van der Waals surface area (Å²) in [5.41, 5.74) is 2.15. The molecule has 0 aliphatic heterocycles. The Morgan fingerprint density at radius 1 is 1.36 bits per heavy atom. The van der Waals surface area contributed by atoms with Crippen molar-refractivity contribution in [2.75, 3.05) is 0 Å². The van der Waals surface area contributed by atoms with Gasteiger partial charge in [-0.15, -0.1) is 0 Å². The lowest BCUT2D eigenvalue weighted by Crippen LogP contribution is -2.00. The van der Waals surface area contributed by atoms with Crippen molar-refractivity contribution < 1.29 is 4.92 Å². The number of hydrogen-bond acceptors (Lipinski definition) is 3. The van der Waals surface area contributed by atoms with Gasteiger partial charge in [0.1, 0.15) is 0 Å². The van der Waals surface area contributed by atoms with Crippen LogP contribution >= 0.6 is 0 Å². The van der Waals surface area contributed by atoms with E-state index in [4.69, 9.17) is 0 Å². The van der Waals surface area contributed by atoms with Gasteiger partial charge in [0.2, 0.25) is 6.20 Å². The van der Waals surface area contributed by atoms with Crippen LogP contribution < -0.4 is 0 Å². The number of aromatic nitrogens is 2. The SMILES string of the molecule is CC(CCCCn1cccc1C=C[N+](=O)[O-])c1cccnc1. The summed E-state index contributed by atoms with van der Waals surface area (Å²) in [5.74, 6) is 0.507. The predicted octanol–water partition coefficient (Wildman–Crippen LogP) is 4.10. The molecule has 0 aliphatic carbocycles. The topological polar surface area (TPSA) is 61.0 Å². The largest absolute Gasteiger partial charge is 0.348 e. The molecule has 0 saturated carbocycles. The molecule has 5 heteroatoms. The number of rotatable bonds is 8. The lowest BCUT2D eigenvalue weighted by atomic mass is 9.97. The van der Waals surface area contributed by atoms with Crippen LogP contribution in [0.4, 0.5) is 0 Å². The first-order chi connectivity index (χ1) is 10.7. The van der Waals surface area contributed by atoms with E-state index in [1.807, 2.05) is 30.6 Å². The standard InChI is InChI=1S/C17H21N3O2/c1-15(16-7-4-10-18-14-16)6-2-3-11-19-12-5-8-17(19)9-13-20(21)22/h4-5,7-10,12-15H,2-3,6,11H2,1H3. The molecule has 22 heavy (non-hydrogen) atoms. The first-order valence-corrected chi connectivity index (χ1v) is 7.53. The highest BCUT2D eigenvalue weighted by Crippen LogP contribution is 2.20. The molecule has 0 radical (unpaired) electrons. The maximum Gasteiger partial charge on any atom is 0.236 e. The maximum atomic E-state index is 10.4. The minimum atomic E-state index is -0.438. The van der Waals surface area contributed by atoms with E-state index in [1.165, 1.54) is 11.6 Å². The van der Waals surface area contributed by atoms with Gasteiger partial charge in [0, 0.05) is 36.9 Å². The summed E-state index contributed by atoms with van der Waals surface area (Å²) in [4.78, 5) is 14.1. The Labute approximate surface area is 130 Å². The van der Waals surface area contributed by atoms with E-state index in [2.05, 4.69) is 22.5 Å². The summed E-state index contributed by atoms with van der Waals surface area (Å²) in [7, 11) is 0. The van der Waals surface area contributed by atoms with Gasteiger partial charge in [0.15, 0.2) is 0 Å². The van der Waals surface area contributed by atoms with E-state index in [9.17, 15) is 10.1 Å². The molecule has 5 nitrogen and oxygen atoms in total. The molecule has 0 saturated heterocycles. The Morgan fingerprint density at radius 3 is 2.95 bits per heavy atom. The van der Waals surface area contributed by atoms with Gasteiger partial charge in [-0.2, -0.15) is 0 Å². The molecule has 1 unspecified atom stereocenters. The minimum Gasteiger partial charge on any atom is -0.348 e. The number of pyridine rings is 1. The Morgan fingerprint density at radius 2 is 2.23 bits per heavy atom. The molecule has 0 N–H and O–H groups in total. The average molecular weight is 299 g/mol. The van der Waals surface area contributed by atoms with Crippen molar-refractivity contribution in [3.8, 4) is 0 Å². The van der Waals surface area contributed by atoms with E-state index in [1.54, 1.807) is 6.20 Å². The van der Waals surface area contributed by atoms with Gasteiger partial charge in [-0.3, -0.25) is 15.1 Å². The molecule has 0 aliphatic rings. The Hall–Kier alpha value is -2.43. The number of hydrogen-bond donors (Lipinski definition) is 0. The smallest absolute Gasteiger partial charge is 0.236 e. The molecule has 0 fully saturated rings. The second kappa shape index (κ2) is 8.12. The third-order valence-corrected chi connectivity index (χ3v) is 3.77. The average Bonchev–Trinajstić information content (AvgIpc) is 2.97. The summed E-state index contributed by atoms with van der Waals surface area (Å²) in [6.07, 6.45) is 11.5. The molecule has 0 amide bonds. The zero-order chi connectivity index (χ0) is 15.8. The molecule has 2 rings (SSSR count). The molecule has 116 valence electrons. The highest BCUT2D eigenvalue weighted by molar-refractivity contribution is 5.43. The van der Waals surface area contributed by atoms with Crippen LogP contribution in [0.2, 0.25) is 0 Å². The van der Waals surface area contributed by atoms with Crippen molar-refractivity contribution in [3.63, 3.8) is 0 Å². The summed E-state index contributed by atoms with van der Waals surface area (Å²) < 4.78 is 2.05. The van der Waals surface area contributed by atoms with Crippen molar-refractivity contribution in [2.45, 2.75) is 38.6 Å². The lowest BCUT2D eigenvalue weighted by Gasteiger charge is -2.11. The van der Waals surface area contributed by atoms with Gasteiger partial charge in [0.25, 0.3) is 0 Å². The summed E-state index contributed by atoms with van der Waals surface area (Å²) >= 11 is 0. The predicted molar refractivity (Wildman–Crippen MR) is 87.0 cm³/mol. The Balaban J connectivity index is 1.77. The maximum absolute atomic E-state index is 10.4. The molecule has 1 atom stereocenters. The van der Waals surface area contributed by atoms with Gasteiger partial charge < -0.3 is 4.57 Å². The van der Waals surface area contributed by atoms with Crippen LogP contribution in [0, 0.1) is 10.1 Å². The molecule has 0 aromatic carbocycles. The van der Waals surface area contributed by atoms with Crippen LogP contribution in [0.25, 0.3) is 6.08 Å². The van der Waals surface area contributed by atoms with Crippen LogP contribution in [-0.2, 0) is 6.54 Å². The minimum absolute atomic E-state index is 0.438. The highest BCUT2D eigenvalue weighted by atomic mass is 16.6. The zero-order valence-electron chi connectivity index (χ0n) is 12.8. The van der Waals surface area contributed by atoms with E-state index >= 15 is 0 Å². The van der Waals surface area contributed by atoms with Crippen LogP contribution in [0.1, 0.15) is 43.4 Å². The molecule has 2 heterocycles. The number of unbranched alkanes of at least 4 members (excludes halogenated alkanes) is 1. The van der Waals surface area contributed by atoms with E-state index in [0.717, 1.165) is 37.7 Å². The third kappa shape index (κ3) is 4.84. The second-order valence-corrected chi connectivity index (χ2v) is 5.41. The monoisotopic (exact) mass is 299 g/mol. The van der Waals surface area contributed by atoms with Crippen LogP contribution in [0.15, 0.2) is 49.1 Å². The van der Waals surface area contributed by atoms with E-state index < -0.39 is 4.92 Å². The van der Waals surface area contributed by atoms with Gasteiger partial charge >= 0.3 is 0 Å². The molecule has 0 spiro atoms. The normalized spacial score (nSPS) is 12.6. The molecular weight excluding hydrogens is 278 g/mol. The fourth-order valence-electron chi connectivity index (χ4n) is 2.49. The van der Waals surface area contributed by atoms with Gasteiger partial charge in [0.05, 0.1) is 4.92 Å². The van der Waals surface area contributed by atoms with Crippen molar-refractivity contribution >= 4 is 6.08 Å². The van der Waals surface area contributed by atoms with Crippen LogP contribution in [-0.4, -0.2) is 14.5 Å². The van der Waals surface area contributed by atoms with Crippen LogP contribution in [0.5, 0.6) is 0 Å². The fraction of sp³-hybridized carbons (Fsp3) is 0.353. The molecule has 0 bridgehead atoms. The third-order valence-electron chi connectivity index (χ3n) is 3.77. The lowest BCUT2D eigenvalue weighted by molar-refractivity contribution is -0.401. The van der Waals surface area contributed by atoms with Crippen molar-refractivity contribution in [2.24, 2.45) is 0 Å². The number of nitro groups is 1. The number of nitrogens with zero attached hydrogens (tertiary/aromatic N) is 3. The molecule has 2 aromatic rings. The van der Waals surface area contributed by atoms with Gasteiger partial charge in [-0.1, -0.05) is 19.4 Å². The van der Waals surface area contributed by atoms with Crippen LogP contribution in [0.3, 0.4) is 0 Å². The Bertz CT molecular complexity index is 620. The summed E-state index contributed by atoms with van der Waals surface area (Å²) in [6, 6.07) is 7.89.